The van der Waals surface area contributed by atoms with Crippen LogP contribution in [0.5, 0.6) is 0 Å². The first kappa shape index (κ1) is 29.9. The van der Waals surface area contributed by atoms with E-state index in [0.29, 0.717) is 11.3 Å². The van der Waals surface area contributed by atoms with Crippen LogP contribution in [0.15, 0.2) is 42.9 Å². The standard InChI is InChI=1S/C24H32N6O8/c1-13(31)20(24(37)38)30-23(36)17(9-14-5-3-2-4-6-14)29-22(35)18(10-15-11-26-12-27-15)28-21(34)16(25)7-8-19(32)33/h2-6,11-13,16-18,20,31H,7-10,25H2,1H3,(H,26,27)(H,28,34)(H,29,35)(H,30,36)(H,32,33)(H,37,38). The lowest BCUT2D eigenvalue weighted by Gasteiger charge is -2.26. The Morgan fingerprint density at radius 1 is 0.947 bits per heavy atom. The van der Waals surface area contributed by atoms with Crippen LogP contribution >= 0.6 is 0 Å². The van der Waals surface area contributed by atoms with E-state index in [1.807, 2.05) is 0 Å². The number of aliphatic carboxylic acids is 2. The van der Waals surface area contributed by atoms with Gasteiger partial charge < -0.3 is 42.0 Å². The van der Waals surface area contributed by atoms with Crippen molar-refractivity contribution in [3.05, 3.63) is 54.1 Å². The summed E-state index contributed by atoms with van der Waals surface area (Å²) >= 11 is 0. The summed E-state index contributed by atoms with van der Waals surface area (Å²) in [6.07, 6.45) is 0.809. The number of amides is 3. The van der Waals surface area contributed by atoms with Crippen LogP contribution in [0.3, 0.4) is 0 Å². The SMILES string of the molecule is CC(O)C(NC(=O)C(Cc1ccccc1)NC(=O)C(Cc1cnc[nH]1)NC(=O)C(N)CCC(=O)O)C(=O)O. The number of nitrogens with two attached hydrogens (primary N) is 1. The van der Waals surface area contributed by atoms with Crippen molar-refractivity contribution in [3.8, 4) is 0 Å². The molecular formula is C24H32N6O8. The Bertz CT molecular complexity index is 1090. The normalized spacial score (nSPS) is 14.8. The van der Waals surface area contributed by atoms with E-state index in [-0.39, 0.29) is 25.7 Å². The van der Waals surface area contributed by atoms with Crippen LogP contribution in [-0.4, -0.2) is 85.2 Å². The lowest BCUT2D eigenvalue weighted by molar-refractivity contribution is -0.145. The Morgan fingerprint density at radius 2 is 1.55 bits per heavy atom. The molecule has 9 N–H and O–H groups in total. The molecule has 3 amide bonds. The van der Waals surface area contributed by atoms with Gasteiger partial charge in [0, 0.05) is 31.2 Å². The van der Waals surface area contributed by atoms with E-state index in [9.17, 15) is 34.2 Å². The summed E-state index contributed by atoms with van der Waals surface area (Å²) in [6.45, 7) is 1.20. The molecule has 2 rings (SSSR count). The van der Waals surface area contributed by atoms with Crippen molar-refractivity contribution in [1.29, 1.82) is 0 Å². The number of nitrogens with zero attached hydrogens (tertiary/aromatic N) is 1. The topological polar surface area (TPSA) is 237 Å². The van der Waals surface area contributed by atoms with Gasteiger partial charge in [-0.05, 0) is 18.9 Å². The first-order valence-electron chi connectivity index (χ1n) is 11.8. The van der Waals surface area contributed by atoms with Gasteiger partial charge in [0.1, 0.15) is 12.1 Å². The summed E-state index contributed by atoms with van der Waals surface area (Å²) in [6, 6.07) is 3.30. The molecule has 2 aromatic rings. The average Bonchev–Trinajstić information content (AvgIpc) is 3.38. The van der Waals surface area contributed by atoms with E-state index < -0.39 is 59.9 Å². The van der Waals surface area contributed by atoms with E-state index in [0.717, 1.165) is 0 Å². The van der Waals surface area contributed by atoms with Crippen molar-refractivity contribution in [3.63, 3.8) is 0 Å². The number of nitrogens with one attached hydrogen (secondary N) is 4. The molecule has 0 bridgehead atoms. The molecular weight excluding hydrogens is 500 g/mol. The minimum absolute atomic E-state index is 0.0204. The summed E-state index contributed by atoms with van der Waals surface area (Å²) in [7, 11) is 0. The van der Waals surface area contributed by atoms with Gasteiger partial charge in [-0.25, -0.2) is 9.78 Å². The van der Waals surface area contributed by atoms with Gasteiger partial charge in [-0.2, -0.15) is 0 Å². The number of aliphatic hydroxyl groups excluding tert-OH is 1. The van der Waals surface area contributed by atoms with Crippen LogP contribution in [0.4, 0.5) is 0 Å². The number of carboxylic acid groups (broad SMARTS) is 2. The van der Waals surface area contributed by atoms with Crippen molar-refractivity contribution >= 4 is 29.7 Å². The maximum absolute atomic E-state index is 13.3. The summed E-state index contributed by atoms with van der Waals surface area (Å²) in [4.78, 5) is 67.9. The number of hydrogen-bond acceptors (Lipinski definition) is 8. The molecule has 5 atom stereocenters. The second kappa shape index (κ2) is 14.4. The molecule has 1 aromatic heterocycles. The smallest absolute Gasteiger partial charge is 0.328 e. The Morgan fingerprint density at radius 3 is 2.11 bits per heavy atom. The van der Waals surface area contributed by atoms with E-state index in [1.54, 1.807) is 30.3 Å². The second-order valence-corrected chi connectivity index (χ2v) is 8.70. The van der Waals surface area contributed by atoms with Crippen molar-refractivity contribution in [2.45, 2.75) is 62.9 Å². The molecule has 0 fully saturated rings. The fourth-order valence-corrected chi connectivity index (χ4v) is 3.49. The molecule has 14 heteroatoms. The molecule has 38 heavy (non-hydrogen) atoms. The number of aromatic amines is 1. The first-order chi connectivity index (χ1) is 18.0. The maximum atomic E-state index is 13.3. The largest absolute Gasteiger partial charge is 0.481 e. The van der Waals surface area contributed by atoms with Gasteiger partial charge in [0.2, 0.25) is 17.7 Å². The number of imidazole rings is 1. The minimum atomic E-state index is -1.62. The monoisotopic (exact) mass is 532 g/mol. The summed E-state index contributed by atoms with van der Waals surface area (Å²) < 4.78 is 0. The number of rotatable bonds is 15. The third kappa shape index (κ3) is 9.63. The van der Waals surface area contributed by atoms with E-state index in [4.69, 9.17) is 10.8 Å². The summed E-state index contributed by atoms with van der Waals surface area (Å²) in [5.74, 6) is -5.00. The Labute approximate surface area is 218 Å². The van der Waals surface area contributed by atoms with Crippen molar-refractivity contribution < 1.29 is 39.3 Å². The predicted molar refractivity (Wildman–Crippen MR) is 132 cm³/mol. The fraction of sp³-hybridized carbons (Fsp3) is 0.417. The average molecular weight is 533 g/mol. The van der Waals surface area contributed by atoms with Gasteiger partial charge in [-0.3, -0.25) is 19.2 Å². The van der Waals surface area contributed by atoms with Gasteiger partial charge in [0.15, 0.2) is 6.04 Å². The van der Waals surface area contributed by atoms with Gasteiger partial charge in [-0.1, -0.05) is 30.3 Å². The van der Waals surface area contributed by atoms with Crippen molar-refractivity contribution in [1.82, 2.24) is 25.9 Å². The molecule has 0 saturated heterocycles. The molecule has 0 radical (unpaired) electrons. The van der Waals surface area contributed by atoms with Crippen LogP contribution in [-0.2, 0) is 36.8 Å². The second-order valence-electron chi connectivity index (χ2n) is 8.70. The summed E-state index contributed by atoms with van der Waals surface area (Å²) in [5, 5.41) is 35.2. The summed E-state index contributed by atoms with van der Waals surface area (Å²) in [5.41, 5.74) is 6.91. The highest BCUT2D eigenvalue weighted by atomic mass is 16.4. The maximum Gasteiger partial charge on any atom is 0.328 e. The highest BCUT2D eigenvalue weighted by Gasteiger charge is 2.32. The molecule has 0 aliphatic carbocycles. The molecule has 0 aliphatic rings. The van der Waals surface area contributed by atoms with Gasteiger partial charge in [0.05, 0.1) is 18.5 Å². The molecule has 14 nitrogen and oxygen atoms in total. The highest BCUT2D eigenvalue weighted by Crippen LogP contribution is 2.07. The zero-order valence-electron chi connectivity index (χ0n) is 20.7. The Balaban J connectivity index is 2.25. The number of aliphatic hydroxyl groups is 1. The van der Waals surface area contributed by atoms with E-state index in [1.165, 1.54) is 19.4 Å². The lowest BCUT2D eigenvalue weighted by atomic mass is 10.0. The number of aromatic nitrogens is 2. The molecule has 0 aliphatic heterocycles. The van der Waals surface area contributed by atoms with Crippen LogP contribution in [0, 0.1) is 0 Å². The van der Waals surface area contributed by atoms with Crippen LogP contribution < -0.4 is 21.7 Å². The van der Waals surface area contributed by atoms with Gasteiger partial charge >= 0.3 is 11.9 Å². The Kier molecular flexibility index (Phi) is 11.4. The predicted octanol–water partition coefficient (Wildman–Crippen LogP) is -1.69. The number of carbonyl (C=O) groups is 5. The van der Waals surface area contributed by atoms with Crippen molar-refractivity contribution in [2.75, 3.05) is 0 Å². The van der Waals surface area contributed by atoms with Crippen molar-refractivity contribution in [2.24, 2.45) is 5.73 Å². The molecule has 1 aromatic carbocycles. The van der Waals surface area contributed by atoms with E-state index in [2.05, 4.69) is 25.9 Å². The number of benzene rings is 1. The fourth-order valence-electron chi connectivity index (χ4n) is 3.49. The zero-order valence-corrected chi connectivity index (χ0v) is 20.7. The zero-order chi connectivity index (χ0) is 28.2. The molecule has 0 saturated carbocycles. The van der Waals surface area contributed by atoms with Crippen LogP contribution in [0.25, 0.3) is 0 Å². The number of H-pyrrole nitrogens is 1. The van der Waals surface area contributed by atoms with E-state index >= 15 is 0 Å². The van der Waals surface area contributed by atoms with Crippen LogP contribution in [0.2, 0.25) is 0 Å². The van der Waals surface area contributed by atoms with Gasteiger partial charge in [-0.15, -0.1) is 0 Å². The highest BCUT2D eigenvalue weighted by molar-refractivity contribution is 5.94. The lowest BCUT2D eigenvalue weighted by Crippen LogP contribution is -2.59. The number of carboxylic acids is 2. The number of hydrogen-bond donors (Lipinski definition) is 8. The number of carbonyl (C=O) groups excluding carboxylic acids is 3. The molecule has 5 unspecified atom stereocenters. The third-order valence-electron chi connectivity index (χ3n) is 5.58. The van der Waals surface area contributed by atoms with Crippen LogP contribution in [0.1, 0.15) is 31.0 Å². The third-order valence-corrected chi connectivity index (χ3v) is 5.58. The van der Waals surface area contributed by atoms with Gasteiger partial charge in [0.25, 0.3) is 0 Å². The quantitative estimate of drug-likeness (QED) is 0.129. The Hall–Kier alpha value is -4.30. The molecule has 206 valence electrons. The molecule has 0 spiro atoms. The minimum Gasteiger partial charge on any atom is -0.481 e. The first-order valence-corrected chi connectivity index (χ1v) is 11.8. The molecule has 1 heterocycles.